The Morgan fingerprint density at radius 1 is 1.30 bits per heavy atom. The Morgan fingerprint density at radius 3 is 2.55 bits per heavy atom. The van der Waals surface area contributed by atoms with Crippen molar-refractivity contribution in [3.05, 3.63) is 29.3 Å². The summed E-state index contributed by atoms with van der Waals surface area (Å²) in [5, 5.41) is 3.03. The van der Waals surface area contributed by atoms with Gasteiger partial charge in [0, 0.05) is 32.9 Å². The highest BCUT2D eigenvalue weighted by Crippen LogP contribution is 2.36. The summed E-state index contributed by atoms with van der Waals surface area (Å²) >= 11 is 0. The first-order chi connectivity index (χ1) is 9.40. The SMILES string of the molecule is CCNCc1ccc(N(C)CCOC)c(C(F)(F)F)c1. The fraction of sp³-hybridized carbons (Fsp3) is 0.571. The average molecular weight is 290 g/mol. The number of anilines is 1. The summed E-state index contributed by atoms with van der Waals surface area (Å²) in [6, 6.07) is 4.45. The zero-order valence-corrected chi connectivity index (χ0v) is 12.0. The molecule has 1 N–H and O–H groups in total. The van der Waals surface area contributed by atoms with E-state index < -0.39 is 11.7 Å². The Balaban J connectivity index is 3.04. The Bertz CT molecular complexity index is 421. The van der Waals surface area contributed by atoms with Crippen LogP contribution in [-0.4, -0.2) is 33.9 Å². The highest BCUT2D eigenvalue weighted by atomic mass is 19.4. The van der Waals surface area contributed by atoms with E-state index in [1.54, 1.807) is 18.0 Å². The maximum atomic E-state index is 13.2. The molecule has 0 saturated carbocycles. The maximum Gasteiger partial charge on any atom is 0.418 e. The molecule has 0 spiro atoms. The molecule has 0 saturated heterocycles. The molecule has 114 valence electrons. The van der Waals surface area contributed by atoms with Crippen molar-refractivity contribution >= 4 is 5.69 Å². The molecule has 0 atom stereocenters. The Kier molecular flexibility index (Phi) is 6.29. The summed E-state index contributed by atoms with van der Waals surface area (Å²) in [6.45, 7) is 3.86. The maximum absolute atomic E-state index is 13.2. The number of hydrogen-bond donors (Lipinski definition) is 1. The van der Waals surface area contributed by atoms with Crippen LogP contribution in [0, 0.1) is 0 Å². The van der Waals surface area contributed by atoms with Crippen LogP contribution in [-0.2, 0) is 17.5 Å². The second-order valence-corrected chi connectivity index (χ2v) is 4.54. The Hall–Kier alpha value is -1.27. The molecule has 1 rings (SSSR count). The van der Waals surface area contributed by atoms with Crippen molar-refractivity contribution in [1.82, 2.24) is 5.32 Å². The van der Waals surface area contributed by atoms with Crippen molar-refractivity contribution in [3.63, 3.8) is 0 Å². The van der Waals surface area contributed by atoms with Crippen LogP contribution in [0.1, 0.15) is 18.1 Å². The van der Waals surface area contributed by atoms with Crippen molar-refractivity contribution in [2.45, 2.75) is 19.6 Å². The number of halogens is 3. The van der Waals surface area contributed by atoms with Crippen LogP contribution in [0.5, 0.6) is 0 Å². The molecule has 6 heteroatoms. The highest BCUT2D eigenvalue weighted by molar-refractivity contribution is 5.56. The van der Waals surface area contributed by atoms with Gasteiger partial charge in [-0.3, -0.25) is 0 Å². The molecule has 0 heterocycles. The summed E-state index contributed by atoms with van der Waals surface area (Å²) in [6.07, 6.45) is -4.36. The minimum absolute atomic E-state index is 0.176. The van der Waals surface area contributed by atoms with Crippen LogP contribution in [0.4, 0.5) is 18.9 Å². The number of benzene rings is 1. The van der Waals surface area contributed by atoms with Crippen LogP contribution in [0.25, 0.3) is 0 Å². The Labute approximate surface area is 117 Å². The number of nitrogens with zero attached hydrogens (tertiary/aromatic N) is 1. The quantitative estimate of drug-likeness (QED) is 0.835. The molecule has 0 aliphatic carbocycles. The largest absolute Gasteiger partial charge is 0.418 e. The first kappa shape index (κ1) is 16.8. The summed E-state index contributed by atoms with van der Waals surface area (Å²) in [7, 11) is 3.16. The van der Waals surface area contributed by atoms with Crippen molar-refractivity contribution in [3.8, 4) is 0 Å². The van der Waals surface area contributed by atoms with Gasteiger partial charge in [0.25, 0.3) is 0 Å². The summed E-state index contributed by atoms with van der Waals surface area (Å²) in [5.74, 6) is 0. The van der Waals surface area contributed by atoms with Gasteiger partial charge in [-0.15, -0.1) is 0 Å². The van der Waals surface area contributed by atoms with Gasteiger partial charge in [0.1, 0.15) is 0 Å². The second-order valence-electron chi connectivity index (χ2n) is 4.54. The molecular formula is C14H21F3N2O. The van der Waals surface area contributed by atoms with Crippen molar-refractivity contribution in [2.24, 2.45) is 0 Å². The third kappa shape index (κ3) is 4.68. The van der Waals surface area contributed by atoms with E-state index in [0.29, 0.717) is 25.3 Å². The molecular weight excluding hydrogens is 269 g/mol. The number of methoxy groups -OCH3 is 1. The molecule has 0 radical (unpaired) electrons. The standard InChI is InChI=1S/C14H21F3N2O/c1-4-18-10-11-5-6-13(19(2)7-8-20-3)12(9-11)14(15,16)17/h5-6,9,18H,4,7-8,10H2,1-3H3. The molecule has 0 amide bonds. The van der Waals surface area contributed by atoms with Gasteiger partial charge in [-0.2, -0.15) is 13.2 Å². The van der Waals surface area contributed by atoms with Gasteiger partial charge >= 0.3 is 6.18 Å². The molecule has 0 aromatic heterocycles. The van der Waals surface area contributed by atoms with E-state index in [4.69, 9.17) is 4.74 Å². The van der Waals surface area contributed by atoms with E-state index in [1.165, 1.54) is 19.2 Å². The van der Waals surface area contributed by atoms with Gasteiger partial charge in [0.15, 0.2) is 0 Å². The van der Waals surface area contributed by atoms with Crippen LogP contribution >= 0.6 is 0 Å². The molecule has 20 heavy (non-hydrogen) atoms. The number of nitrogens with one attached hydrogen (secondary N) is 1. The molecule has 1 aromatic rings. The van der Waals surface area contributed by atoms with Crippen LogP contribution in [0.2, 0.25) is 0 Å². The molecule has 0 bridgehead atoms. The molecule has 0 unspecified atom stereocenters. The summed E-state index contributed by atoms with van der Waals surface area (Å²) in [4.78, 5) is 1.56. The lowest BCUT2D eigenvalue weighted by atomic mass is 10.1. The van der Waals surface area contributed by atoms with Crippen molar-refractivity contribution < 1.29 is 17.9 Å². The number of rotatable bonds is 7. The predicted molar refractivity (Wildman–Crippen MR) is 74.0 cm³/mol. The summed E-state index contributed by atoms with van der Waals surface area (Å²) < 4.78 is 44.4. The highest BCUT2D eigenvalue weighted by Gasteiger charge is 2.34. The minimum atomic E-state index is -4.36. The fourth-order valence-electron chi connectivity index (χ4n) is 1.87. The van der Waals surface area contributed by atoms with Gasteiger partial charge in [-0.25, -0.2) is 0 Å². The average Bonchev–Trinajstić information content (AvgIpc) is 2.41. The fourth-order valence-corrected chi connectivity index (χ4v) is 1.87. The molecule has 0 fully saturated rings. The summed E-state index contributed by atoms with van der Waals surface area (Å²) in [5.41, 5.74) is 0.198. The number of hydrogen-bond acceptors (Lipinski definition) is 3. The number of likely N-dealkylation sites (N-methyl/N-ethyl adjacent to an activating group) is 1. The minimum Gasteiger partial charge on any atom is -0.383 e. The van der Waals surface area contributed by atoms with Gasteiger partial charge in [0.05, 0.1) is 12.2 Å². The van der Waals surface area contributed by atoms with E-state index in [0.717, 1.165) is 6.54 Å². The van der Waals surface area contributed by atoms with E-state index in [9.17, 15) is 13.2 Å². The normalized spacial score (nSPS) is 11.7. The topological polar surface area (TPSA) is 24.5 Å². The lowest BCUT2D eigenvalue weighted by Crippen LogP contribution is -2.25. The number of alkyl halides is 3. The lowest BCUT2D eigenvalue weighted by Gasteiger charge is -2.24. The van der Waals surface area contributed by atoms with Gasteiger partial charge in [0.2, 0.25) is 0 Å². The Morgan fingerprint density at radius 2 is 2.00 bits per heavy atom. The zero-order valence-electron chi connectivity index (χ0n) is 12.0. The molecule has 3 nitrogen and oxygen atoms in total. The van der Waals surface area contributed by atoms with E-state index in [2.05, 4.69) is 5.32 Å². The zero-order chi connectivity index (χ0) is 15.2. The van der Waals surface area contributed by atoms with Gasteiger partial charge in [-0.1, -0.05) is 13.0 Å². The molecule has 0 aliphatic heterocycles. The van der Waals surface area contributed by atoms with E-state index in [-0.39, 0.29) is 5.69 Å². The lowest BCUT2D eigenvalue weighted by molar-refractivity contribution is -0.137. The molecule has 0 aliphatic rings. The van der Waals surface area contributed by atoms with Crippen LogP contribution < -0.4 is 10.2 Å². The van der Waals surface area contributed by atoms with E-state index in [1.807, 2.05) is 6.92 Å². The van der Waals surface area contributed by atoms with Crippen LogP contribution in [0.15, 0.2) is 18.2 Å². The predicted octanol–water partition coefficient (Wildman–Crippen LogP) is 2.90. The van der Waals surface area contributed by atoms with Crippen molar-refractivity contribution in [1.29, 1.82) is 0 Å². The van der Waals surface area contributed by atoms with E-state index >= 15 is 0 Å². The number of ether oxygens (including phenoxy) is 1. The second kappa shape index (κ2) is 7.50. The van der Waals surface area contributed by atoms with Crippen LogP contribution in [0.3, 0.4) is 0 Å². The third-order valence-electron chi connectivity index (χ3n) is 2.99. The van der Waals surface area contributed by atoms with Crippen molar-refractivity contribution in [2.75, 3.05) is 38.8 Å². The van der Waals surface area contributed by atoms with Gasteiger partial charge in [-0.05, 0) is 24.2 Å². The molecule has 1 aromatic carbocycles. The first-order valence-electron chi connectivity index (χ1n) is 6.51. The third-order valence-corrected chi connectivity index (χ3v) is 2.99. The monoisotopic (exact) mass is 290 g/mol. The smallest absolute Gasteiger partial charge is 0.383 e. The first-order valence-corrected chi connectivity index (χ1v) is 6.51. The van der Waals surface area contributed by atoms with Gasteiger partial charge < -0.3 is 15.0 Å².